The van der Waals surface area contributed by atoms with Crippen LogP contribution in [0.5, 0.6) is 0 Å². The number of benzene rings is 1. The van der Waals surface area contributed by atoms with Crippen molar-refractivity contribution in [2.45, 2.75) is 64.7 Å². The van der Waals surface area contributed by atoms with Crippen molar-refractivity contribution in [2.75, 3.05) is 6.61 Å². The number of hydrogen-bond acceptors (Lipinski definition) is 3. The molecule has 0 N–H and O–H groups in total. The van der Waals surface area contributed by atoms with E-state index in [9.17, 15) is 8.42 Å². The summed E-state index contributed by atoms with van der Waals surface area (Å²) in [7, 11) is -3.63. The van der Waals surface area contributed by atoms with Crippen LogP contribution in [0, 0.1) is 12.8 Å². The van der Waals surface area contributed by atoms with Gasteiger partial charge in [0.05, 0.1) is 11.5 Å². The molecule has 0 amide bonds. The summed E-state index contributed by atoms with van der Waals surface area (Å²) in [6.07, 6.45) is 7.51. The molecule has 1 rings (SSSR count). The lowest BCUT2D eigenvalue weighted by atomic mass is 10.0. The lowest BCUT2D eigenvalue weighted by Crippen LogP contribution is -2.10. The van der Waals surface area contributed by atoms with Gasteiger partial charge in [-0.05, 0) is 57.6 Å². The molecule has 3 nitrogen and oxygen atoms in total. The predicted molar refractivity (Wildman–Crippen MR) is 96.0 cm³/mol. The fourth-order valence-corrected chi connectivity index (χ4v) is 3.31. The summed E-state index contributed by atoms with van der Waals surface area (Å²) in [6.45, 7) is 8.67. The molecule has 0 bridgehead atoms. The lowest BCUT2D eigenvalue weighted by molar-refractivity contribution is 0.283. The first-order valence-corrected chi connectivity index (χ1v) is 9.87. The standard InChI is InChI=1S/C19H30O3S/c1-5-7-16(2)8-6-9-17(3)14-15-22-23(20,21)19-12-10-18(4)11-13-19/h8,10-13,17H,5-7,9,14-15H2,1-4H3/b16-8+. The molecule has 0 aliphatic heterocycles. The summed E-state index contributed by atoms with van der Waals surface area (Å²) in [4.78, 5) is 0.230. The Morgan fingerprint density at radius 2 is 1.87 bits per heavy atom. The van der Waals surface area contributed by atoms with E-state index < -0.39 is 10.1 Å². The third-order valence-electron chi connectivity index (χ3n) is 3.96. The minimum absolute atomic E-state index is 0.230. The van der Waals surface area contributed by atoms with Crippen LogP contribution in [0.2, 0.25) is 0 Å². The Hall–Kier alpha value is -1.13. The van der Waals surface area contributed by atoms with Crippen molar-refractivity contribution in [3.05, 3.63) is 41.5 Å². The Bertz CT molecular complexity index is 586. The van der Waals surface area contributed by atoms with E-state index in [2.05, 4.69) is 26.8 Å². The van der Waals surface area contributed by atoms with Gasteiger partial charge < -0.3 is 0 Å². The van der Waals surface area contributed by atoms with Crippen LogP contribution in [0.15, 0.2) is 40.8 Å². The predicted octanol–water partition coefficient (Wildman–Crippen LogP) is 5.25. The molecule has 1 aromatic rings. The van der Waals surface area contributed by atoms with Gasteiger partial charge in [0.2, 0.25) is 0 Å². The highest BCUT2D eigenvalue weighted by Crippen LogP contribution is 2.17. The molecule has 0 saturated heterocycles. The molecule has 4 heteroatoms. The molecule has 23 heavy (non-hydrogen) atoms. The van der Waals surface area contributed by atoms with Crippen molar-refractivity contribution in [3.63, 3.8) is 0 Å². The molecule has 0 spiro atoms. The van der Waals surface area contributed by atoms with Crippen molar-refractivity contribution in [3.8, 4) is 0 Å². The maximum absolute atomic E-state index is 12.1. The molecule has 0 aliphatic rings. The van der Waals surface area contributed by atoms with E-state index in [4.69, 9.17) is 4.18 Å². The second-order valence-corrected chi connectivity index (χ2v) is 7.98. The maximum atomic E-state index is 12.1. The van der Waals surface area contributed by atoms with E-state index in [1.165, 1.54) is 12.0 Å². The Kier molecular flexibility index (Phi) is 8.56. The summed E-state index contributed by atoms with van der Waals surface area (Å²) in [5.41, 5.74) is 2.47. The average Bonchev–Trinajstić information content (AvgIpc) is 2.47. The van der Waals surface area contributed by atoms with Crippen molar-refractivity contribution in [1.82, 2.24) is 0 Å². The Morgan fingerprint density at radius 3 is 2.48 bits per heavy atom. The third-order valence-corrected chi connectivity index (χ3v) is 5.28. The molecule has 0 aromatic heterocycles. The highest BCUT2D eigenvalue weighted by molar-refractivity contribution is 7.86. The van der Waals surface area contributed by atoms with Gasteiger partial charge in [0.1, 0.15) is 0 Å². The van der Waals surface area contributed by atoms with Crippen molar-refractivity contribution in [2.24, 2.45) is 5.92 Å². The van der Waals surface area contributed by atoms with Crippen LogP contribution >= 0.6 is 0 Å². The molecule has 0 radical (unpaired) electrons. The van der Waals surface area contributed by atoms with E-state index in [0.717, 1.165) is 31.2 Å². The summed E-state index contributed by atoms with van der Waals surface area (Å²) in [6, 6.07) is 6.75. The summed E-state index contributed by atoms with van der Waals surface area (Å²) >= 11 is 0. The lowest BCUT2D eigenvalue weighted by Gasteiger charge is -2.11. The van der Waals surface area contributed by atoms with E-state index in [1.54, 1.807) is 24.3 Å². The first-order valence-electron chi connectivity index (χ1n) is 8.47. The number of aryl methyl sites for hydroxylation is 1. The number of hydrogen-bond donors (Lipinski definition) is 0. The minimum Gasteiger partial charge on any atom is -0.266 e. The number of allylic oxidation sites excluding steroid dienone is 2. The van der Waals surface area contributed by atoms with Gasteiger partial charge >= 0.3 is 0 Å². The minimum atomic E-state index is -3.63. The van der Waals surface area contributed by atoms with E-state index in [1.807, 2.05) is 6.92 Å². The molecule has 1 unspecified atom stereocenters. The number of rotatable bonds is 10. The van der Waals surface area contributed by atoms with Gasteiger partial charge in [-0.15, -0.1) is 0 Å². The zero-order chi connectivity index (χ0) is 17.3. The first kappa shape index (κ1) is 19.9. The van der Waals surface area contributed by atoms with Crippen LogP contribution in [0.3, 0.4) is 0 Å². The molecular weight excluding hydrogens is 308 g/mol. The first-order chi connectivity index (χ1) is 10.8. The summed E-state index contributed by atoms with van der Waals surface area (Å²) in [5.74, 6) is 0.453. The molecular formula is C19H30O3S. The second kappa shape index (κ2) is 9.89. The molecule has 0 aliphatic carbocycles. The van der Waals surface area contributed by atoms with E-state index >= 15 is 0 Å². The second-order valence-electron chi connectivity index (χ2n) is 6.36. The van der Waals surface area contributed by atoms with Gasteiger partial charge in [0, 0.05) is 0 Å². The van der Waals surface area contributed by atoms with E-state index in [0.29, 0.717) is 5.92 Å². The third kappa shape index (κ3) is 7.80. The fourth-order valence-electron chi connectivity index (χ4n) is 2.39. The molecule has 0 saturated carbocycles. The molecule has 0 heterocycles. The summed E-state index contributed by atoms with van der Waals surface area (Å²) < 4.78 is 29.3. The smallest absolute Gasteiger partial charge is 0.266 e. The zero-order valence-corrected chi connectivity index (χ0v) is 15.7. The van der Waals surface area contributed by atoms with Gasteiger partial charge in [-0.2, -0.15) is 8.42 Å². The topological polar surface area (TPSA) is 43.4 Å². The maximum Gasteiger partial charge on any atom is 0.296 e. The van der Waals surface area contributed by atoms with E-state index in [-0.39, 0.29) is 11.5 Å². The van der Waals surface area contributed by atoms with Gasteiger partial charge in [-0.25, -0.2) is 0 Å². The molecule has 130 valence electrons. The Labute approximate surface area is 141 Å². The van der Waals surface area contributed by atoms with Gasteiger partial charge in [0.15, 0.2) is 0 Å². The summed E-state index contributed by atoms with van der Waals surface area (Å²) in [5, 5.41) is 0. The van der Waals surface area contributed by atoms with Crippen LogP contribution in [0.4, 0.5) is 0 Å². The van der Waals surface area contributed by atoms with Crippen molar-refractivity contribution in [1.29, 1.82) is 0 Å². The highest BCUT2D eigenvalue weighted by Gasteiger charge is 2.15. The Balaban J connectivity index is 2.35. The normalized spacial score (nSPS) is 14.0. The SMILES string of the molecule is CCC/C(C)=C/CCC(C)CCOS(=O)(=O)c1ccc(C)cc1. The highest BCUT2D eigenvalue weighted by atomic mass is 32.2. The van der Waals surface area contributed by atoms with Crippen LogP contribution in [0.25, 0.3) is 0 Å². The van der Waals surface area contributed by atoms with Crippen LogP contribution in [-0.4, -0.2) is 15.0 Å². The Morgan fingerprint density at radius 1 is 1.22 bits per heavy atom. The van der Waals surface area contributed by atoms with Gasteiger partial charge in [-0.3, -0.25) is 4.18 Å². The molecule has 1 aromatic carbocycles. The van der Waals surface area contributed by atoms with Crippen molar-refractivity contribution < 1.29 is 12.6 Å². The van der Waals surface area contributed by atoms with Gasteiger partial charge in [0.25, 0.3) is 10.1 Å². The molecule has 1 atom stereocenters. The quantitative estimate of drug-likeness (QED) is 0.432. The fraction of sp³-hybridized carbons (Fsp3) is 0.579. The average molecular weight is 339 g/mol. The van der Waals surface area contributed by atoms with Crippen LogP contribution in [-0.2, 0) is 14.3 Å². The van der Waals surface area contributed by atoms with Gasteiger partial charge in [-0.1, -0.05) is 49.6 Å². The van der Waals surface area contributed by atoms with Crippen LogP contribution < -0.4 is 0 Å². The van der Waals surface area contributed by atoms with Crippen LogP contribution in [0.1, 0.15) is 58.4 Å². The zero-order valence-electron chi connectivity index (χ0n) is 14.8. The molecule has 0 fully saturated rings. The monoisotopic (exact) mass is 338 g/mol. The van der Waals surface area contributed by atoms with Crippen molar-refractivity contribution >= 4 is 10.1 Å². The largest absolute Gasteiger partial charge is 0.296 e.